The standard InChI is InChI=1S/C39H45N7O3.ClH/c1-22(2)35(45-39(48)49-5)38(47)46-21-24(4)17-34(46)37-42-30-15-14-29(18-31(30)43-37)27-8-6-25(7-9-27)26-10-12-28(13-11-26)33-20-41-36(44-33)32-16-23(3)19-40-32;/h6-15,18,20,22-24,32,34-35,40H,16-17,19,21H2,1-5H3,(H,41,44)(H,42,43)(H,45,48);1H/t23-,24-,32-,34-,35-;/m0./s1. The van der Waals surface area contributed by atoms with Crippen LogP contribution in [-0.2, 0) is 9.53 Å². The van der Waals surface area contributed by atoms with Crippen molar-refractivity contribution in [2.24, 2.45) is 17.8 Å². The smallest absolute Gasteiger partial charge is 0.407 e. The third kappa shape index (κ3) is 7.13. The number of methoxy groups -OCH3 is 1. The van der Waals surface area contributed by atoms with Crippen molar-refractivity contribution in [3.05, 3.63) is 84.6 Å². The summed E-state index contributed by atoms with van der Waals surface area (Å²) < 4.78 is 4.78. The van der Waals surface area contributed by atoms with Crippen molar-refractivity contribution in [3.63, 3.8) is 0 Å². The number of aromatic amines is 2. The number of nitrogens with zero attached hydrogens (tertiary/aromatic N) is 3. The van der Waals surface area contributed by atoms with Gasteiger partial charge in [-0.1, -0.05) is 82.3 Å². The van der Waals surface area contributed by atoms with Crippen LogP contribution in [0.15, 0.2) is 72.9 Å². The van der Waals surface area contributed by atoms with Gasteiger partial charge < -0.3 is 30.2 Å². The summed E-state index contributed by atoms with van der Waals surface area (Å²) in [7, 11) is 1.31. The molecule has 0 bridgehead atoms. The number of nitrogens with one attached hydrogen (secondary N) is 4. The molecular formula is C39H46ClN7O3. The molecule has 0 saturated carbocycles. The van der Waals surface area contributed by atoms with Gasteiger partial charge >= 0.3 is 6.09 Å². The quantitative estimate of drug-likeness (QED) is 0.132. The summed E-state index contributed by atoms with van der Waals surface area (Å²) in [5.41, 5.74) is 8.43. The lowest BCUT2D eigenvalue weighted by Crippen LogP contribution is -2.51. The average molecular weight is 696 g/mol. The van der Waals surface area contributed by atoms with Gasteiger partial charge in [0, 0.05) is 6.54 Å². The van der Waals surface area contributed by atoms with E-state index in [0.29, 0.717) is 24.4 Å². The number of alkyl carbamates (subject to hydrolysis) is 1. The highest BCUT2D eigenvalue weighted by Crippen LogP contribution is 2.37. The van der Waals surface area contributed by atoms with Crippen LogP contribution in [0.4, 0.5) is 4.79 Å². The summed E-state index contributed by atoms with van der Waals surface area (Å²) in [5.74, 6) is 2.54. The molecule has 0 unspecified atom stereocenters. The van der Waals surface area contributed by atoms with Crippen molar-refractivity contribution in [1.29, 1.82) is 0 Å². The van der Waals surface area contributed by atoms with E-state index >= 15 is 0 Å². The number of carbonyl (C=O) groups is 2. The maximum Gasteiger partial charge on any atom is 0.407 e. The second kappa shape index (κ2) is 14.7. The third-order valence-corrected chi connectivity index (χ3v) is 10.0. The van der Waals surface area contributed by atoms with Crippen molar-refractivity contribution in [2.45, 2.75) is 58.7 Å². The van der Waals surface area contributed by atoms with Gasteiger partial charge in [0.2, 0.25) is 5.91 Å². The molecule has 0 aliphatic carbocycles. The molecule has 2 aliphatic rings. The Morgan fingerprint density at radius 1 is 0.860 bits per heavy atom. The van der Waals surface area contributed by atoms with Gasteiger partial charge in [-0.05, 0) is 77.1 Å². The number of imidazole rings is 2. The summed E-state index contributed by atoms with van der Waals surface area (Å²) in [6.07, 6.45) is 3.23. The number of fused-ring (bicyclic) bond motifs is 1. The zero-order valence-electron chi connectivity index (χ0n) is 29.2. The van der Waals surface area contributed by atoms with E-state index in [9.17, 15) is 9.59 Å². The first-order valence-corrected chi connectivity index (χ1v) is 17.3. The van der Waals surface area contributed by atoms with Gasteiger partial charge in [0.15, 0.2) is 0 Å². The summed E-state index contributed by atoms with van der Waals surface area (Å²) in [4.78, 5) is 44.1. The largest absolute Gasteiger partial charge is 0.453 e. The van der Waals surface area contributed by atoms with Crippen LogP contribution in [0.1, 0.15) is 64.3 Å². The third-order valence-electron chi connectivity index (χ3n) is 10.0. The molecule has 50 heavy (non-hydrogen) atoms. The molecular weight excluding hydrogens is 650 g/mol. The van der Waals surface area contributed by atoms with Crippen molar-refractivity contribution >= 4 is 35.4 Å². The maximum atomic E-state index is 13.7. The second-order valence-corrected chi connectivity index (χ2v) is 14.2. The highest BCUT2D eigenvalue weighted by molar-refractivity contribution is 5.87. The first kappa shape index (κ1) is 35.2. The molecule has 4 heterocycles. The lowest BCUT2D eigenvalue weighted by molar-refractivity contribution is -0.135. The molecule has 2 saturated heterocycles. The lowest BCUT2D eigenvalue weighted by Gasteiger charge is -2.30. The topological polar surface area (TPSA) is 128 Å². The zero-order valence-corrected chi connectivity index (χ0v) is 30.0. The molecule has 0 radical (unpaired) electrons. The fourth-order valence-corrected chi connectivity index (χ4v) is 7.27. The SMILES string of the molecule is COC(=O)N[C@H](C(=O)N1C[C@@H](C)C[C@H]1c1nc2ccc(-c3ccc(-c4ccc(-c5cnc([C@@H]6C[C@H](C)CN6)[nH]5)cc4)cc3)cc2[nH]1)C(C)C.Cl. The van der Waals surface area contributed by atoms with E-state index in [0.717, 1.165) is 75.6 Å². The van der Waals surface area contributed by atoms with Crippen LogP contribution < -0.4 is 10.6 Å². The van der Waals surface area contributed by atoms with Gasteiger partial charge in [-0.3, -0.25) is 4.79 Å². The van der Waals surface area contributed by atoms with Crippen LogP contribution in [-0.4, -0.2) is 63.1 Å². The van der Waals surface area contributed by atoms with E-state index in [-0.39, 0.29) is 30.3 Å². The van der Waals surface area contributed by atoms with Crippen molar-refractivity contribution in [3.8, 4) is 33.5 Å². The van der Waals surface area contributed by atoms with Gasteiger partial charge in [0.1, 0.15) is 17.7 Å². The molecule has 2 amide bonds. The highest BCUT2D eigenvalue weighted by Gasteiger charge is 2.40. The average Bonchev–Trinajstić information content (AvgIpc) is 3.93. The van der Waals surface area contributed by atoms with Crippen LogP contribution in [0.3, 0.4) is 0 Å². The van der Waals surface area contributed by atoms with Gasteiger partial charge in [-0.2, -0.15) is 0 Å². The number of ether oxygens (including phenoxy) is 1. The number of likely N-dealkylation sites (tertiary alicyclic amines) is 1. The highest BCUT2D eigenvalue weighted by atomic mass is 35.5. The minimum absolute atomic E-state index is 0. The summed E-state index contributed by atoms with van der Waals surface area (Å²) in [6, 6.07) is 22.9. The van der Waals surface area contributed by atoms with Crippen molar-refractivity contribution in [2.75, 3.05) is 20.2 Å². The molecule has 0 spiro atoms. The van der Waals surface area contributed by atoms with E-state index in [2.05, 4.69) is 100 Å². The minimum atomic E-state index is -0.676. The number of halogens is 1. The molecule has 262 valence electrons. The predicted octanol–water partition coefficient (Wildman–Crippen LogP) is 7.67. The van der Waals surface area contributed by atoms with Gasteiger partial charge in [0.05, 0.1) is 42.1 Å². The molecule has 2 aliphatic heterocycles. The first-order valence-electron chi connectivity index (χ1n) is 17.3. The minimum Gasteiger partial charge on any atom is -0.453 e. The molecule has 2 fully saturated rings. The Labute approximate surface area is 299 Å². The first-order chi connectivity index (χ1) is 23.7. The lowest BCUT2D eigenvalue weighted by atomic mass is 9.99. The second-order valence-electron chi connectivity index (χ2n) is 14.2. The Kier molecular flexibility index (Phi) is 10.3. The Hall–Kier alpha value is -4.67. The van der Waals surface area contributed by atoms with Crippen molar-refractivity contribution < 1.29 is 14.3 Å². The molecule has 7 rings (SSSR count). The van der Waals surface area contributed by atoms with E-state index < -0.39 is 12.1 Å². The van der Waals surface area contributed by atoms with Crippen LogP contribution >= 0.6 is 12.4 Å². The Morgan fingerprint density at radius 2 is 1.50 bits per heavy atom. The fraction of sp³-hybridized carbons (Fsp3) is 0.385. The van der Waals surface area contributed by atoms with Gasteiger partial charge in [0.25, 0.3) is 0 Å². The predicted molar refractivity (Wildman–Crippen MR) is 199 cm³/mol. The number of hydrogen-bond donors (Lipinski definition) is 4. The monoisotopic (exact) mass is 695 g/mol. The Morgan fingerprint density at radius 3 is 2.12 bits per heavy atom. The van der Waals surface area contributed by atoms with Crippen LogP contribution in [0, 0.1) is 17.8 Å². The molecule has 4 N–H and O–H groups in total. The number of benzene rings is 3. The number of hydrogen-bond acceptors (Lipinski definition) is 6. The van der Waals surface area contributed by atoms with Crippen LogP contribution in [0.25, 0.3) is 44.5 Å². The number of carbonyl (C=O) groups excluding carboxylic acids is 2. The molecule has 10 nitrogen and oxygen atoms in total. The zero-order chi connectivity index (χ0) is 34.2. The number of rotatable bonds is 8. The molecule has 11 heteroatoms. The fourth-order valence-electron chi connectivity index (χ4n) is 7.27. The number of amides is 2. The van der Waals surface area contributed by atoms with Gasteiger partial charge in [-0.25, -0.2) is 14.8 Å². The number of aromatic nitrogens is 4. The number of H-pyrrole nitrogens is 2. The van der Waals surface area contributed by atoms with Crippen LogP contribution in [0.5, 0.6) is 0 Å². The Balaban J connectivity index is 0.00000432. The molecule has 5 aromatic rings. The maximum absolute atomic E-state index is 13.7. The molecule has 5 atom stereocenters. The normalized spacial score (nSPS) is 21.0. The Bertz CT molecular complexity index is 1950. The van der Waals surface area contributed by atoms with Crippen molar-refractivity contribution in [1.82, 2.24) is 35.5 Å². The summed E-state index contributed by atoms with van der Waals surface area (Å²) in [5, 5.41) is 6.28. The van der Waals surface area contributed by atoms with E-state index in [1.807, 2.05) is 31.0 Å². The summed E-state index contributed by atoms with van der Waals surface area (Å²) >= 11 is 0. The van der Waals surface area contributed by atoms with Gasteiger partial charge in [-0.15, -0.1) is 12.4 Å². The summed E-state index contributed by atoms with van der Waals surface area (Å²) in [6.45, 7) is 9.89. The van der Waals surface area contributed by atoms with E-state index in [1.54, 1.807) is 0 Å². The molecule has 2 aromatic heterocycles. The van der Waals surface area contributed by atoms with E-state index in [4.69, 9.17) is 9.72 Å². The van der Waals surface area contributed by atoms with E-state index in [1.165, 1.54) is 7.11 Å². The van der Waals surface area contributed by atoms with Crippen LogP contribution in [0.2, 0.25) is 0 Å². The molecule has 3 aromatic carbocycles.